The quantitative estimate of drug-likeness (QED) is 0.737. The maximum absolute atomic E-state index is 12.0. The highest BCUT2D eigenvalue weighted by Gasteiger charge is 2.24. The molecule has 1 aromatic heterocycles. The SMILES string of the molecule is C/C=C/C(=O)N1CCN(C(=O)c2ccco2)CC1. The molecule has 0 radical (unpaired) electrons. The van der Waals surface area contributed by atoms with Crippen molar-refractivity contribution >= 4 is 11.8 Å². The van der Waals surface area contributed by atoms with Crippen molar-refractivity contribution in [2.75, 3.05) is 26.2 Å². The summed E-state index contributed by atoms with van der Waals surface area (Å²) >= 11 is 0. The second-order valence-corrected chi connectivity index (χ2v) is 4.09. The third-order valence-electron chi connectivity index (χ3n) is 2.92. The second kappa shape index (κ2) is 5.53. The minimum Gasteiger partial charge on any atom is -0.459 e. The van der Waals surface area contributed by atoms with Crippen molar-refractivity contribution in [2.24, 2.45) is 0 Å². The van der Waals surface area contributed by atoms with E-state index in [1.54, 1.807) is 34.1 Å². The van der Waals surface area contributed by atoms with Crippen molar-refractivity contribution in [2.45, 2.75) is 6.92 Å². The zero-order chi connectivity index (χ0) is 13.0. The van der Waals surface area contributed by atoms with Gasteiger partial charge in [-0.2, -0.15) is 0 Å². The van der Waals surface area contributed by atoms with Crippen LogP contribution in [0.25, 0.3) is 0 Å². The van der Waals surface area contributed by atoms with E-state index in [9.17, 15) is 9.59 Å². The second-order valence-electron chi connectivity index (χ2n) is 4.09. The summed E-state index contributed by atoms with van der Waals surface area (Å²) in [5.74, 6) is 0.240. The lowest BCUT2D eigenvalue weighted by Gasteiger charge is -2.33. The molecular weight excluding hydrogens is 232 g/mol. The average molecular weight is 248 g/mol. The van der Waals surface area contributed by atoms with Gasteiger partial charge in [0, 0.05) is 26.2 Å². The van der Waals surface area contributed by atoms with E-state index in [1.165, 1.54) is 6.26 Å². The van der Waals surface area contributed by atoms with Crippen LogP contribution in [0.4, 0.5) is 0 Å². The molecule has 2 heterocycles. The molecule has 96 valence electrons. The molecule has 0 aromatic carbocycles. The molecular formula is C13H16N2O3. The Balaban J connectivity index is 1.91. The van der Waals surface area contributed by atoms with Crippen molar-refractivity contribution in [3.63, 3.8) is 0 Å². The largest absolute Gasteiger partial charge is 0.459 e. The molecule has 2 amide bonds. The first kappa shape index (κ1) is 12.4. The maximum atomic E-state index is 12.0. The number of hydrogen-bond donors (Lipinski definition) is 0. The molecule has 1 fully saturated rings. The minimum atomic E-state index is -0.113. The highest BCUT2D eigenvalue weighted by molar-refractivity contribution is 5.92. The van der Waals surface area contributed by atoms with Gasteiger partial charge in [-0.3, -0.25) is 9.59 Å². The van der Waals surface area contributed by atoms with E-state index in [-0.39, 0.29) is 11.8 Å². The van der Waals surface area contributed by atoms with Gasteiger partial charge in [-0.1, -0.05) is 6.08 Å². The first-order valence-corrected chi connectivity index (χ1v) is 5.96. The number of nitrogens with zero attached hydrogens (tertiary/aromatic N) is 2. The first-order chi connectivity index (χ1) is 8.72. The van der Waals surface area contributed by atoms with Gasteiger partial charge in [0.2, 0.25) is 5.91 Å². The number of carbonyl (C=O) groups excluding carboxylic acids is 2. The van der Waals surface area contributed by atoms with Crippen LogP contribution < -0.4 is 0 Å². The molecule has 1 aliphatic heterocycles. The molecule has 0 aliphatic carbocycles. The van der Waals surface area contributed by atoms with E-state index in [1.807, 2.05) is 6.92 Å². The number of amides is 2. The van der Waals surface area contributed by atoms with Gasteiger partial charge in [0.25, 0.3) is 5.91 Å². The fraction of sp³-hybridized carbons (Fsp3) is 0.385. The summed E-state index contributed by atoms with van der Waals surface area (Å²) in [6, 6.07) is 3.35. The monoisotopic (exact) mass is 248 g/mol. The number of carbonyl (C=O) groups is 2. The van der Waals surface area contributed by atoms with E-state index < -0.39 is 0 Å². The van der Waals surface area contributed by atoms with Gasteiger partial charge < -0.3 is 14.2 Å². The number of hydrogen-bond acceptors (Lipinski definition) is 3. The summed E-state index contributed by atoms with van der Waals surface area (Å²) in [4.78, 5) is 27.0. The Bertz CT molecular complexity index is 443. The van der Waals surface area contributed by atoms with E-state index in [4.69, 9.17) is 4.42 Å². The van der Waals surface area contributed by atoms with Crippen molar-refractivity contribution in [3.05, 3.63) is 36.3 Å². The highest BCUT2D eigenvalue weighted by atomic mass is 16.3. The molecule has 0 saturated carbocycles. The predicted molar refractivity (Wildman–Crippen MR) is 66.0 cm³/mol. The Morgan fingerprint density at radius 2 is 1.89 bits per heavy atom. The smallest absolute Gasteiger partial charge is 0.289 e. The van der Waals surface area contributed by atoms with E-state index in [0.29, 0.717) is 31.9 Å². The Kier molecular flexibility index (Phi) is 3.82. The van der Waals surface area contributed by atoms with Gasteiger partial charge in [-0.25, -0.2) is 0 Å². The van der Waals surface area contributed by atoms with E-state index in [0.717, 1.165) is 0 Å². The average Bonchev–Trinajstić information content (AvgIpc) is 2.92. The third-order valence-corrected chi connectivity index (χ3v) is 2.92. The first-order valence-electron chi connectivity index (χ1n) is 5.96. The van der Waals surface area contributed by atoms with Crippen LogP contribution in [0.3, 0.4) is 0 Å². The fourth-order valence-corrected chi connectivity index (χ4v) is 1.93. The topological polar surface area (TPSA) is 53.8 Å². The molecule has 5 nitrogen and oxygen atoms in total. The van der Waals surface area contributed by atoms with Crippen molar-refractivity contribution in [3.8, 4) is 0 Å². The molecule has 2 rings (SSSR count). The van der Waals surface area contributed by atoms with E-state index >= 15 is 0 Å². The van der Waals surface area contributed by atoms with Crippen LogP contribution in [0.15, 0.2) is 35.0 Å². The standard InChI is InChI=1S/C13H16N2O3/c1-2-4-12(16)14-6-8-15(9-7-14)13(17)11-5-3-10-18-11/h2-5,10H,6-9H2,1H3/b4-2+. The summed E-state index contributed by atoms with van der Waals surface area (Å²) in [5, 5.41) is 0. The summed E-state index contributed by atoms with van der Waals surface area (Å²) in [7, 11) is 0. The molecule has 18 heavy (non-hydrogen) atoms. The lowest BCUT2D eigenvalue weighted by atomic mass is 10.2. The Morgan fingerprint density at radius 1 is 1.22 bits per heavy atom. The molecule has 0 bridgehead atoms. The molecule has 5 heteroatoms. The summed E-state index contributed by atoms with van der Waals surface area (Å²) in [5.41, 5.74) is 0. The molecule has 1 saturated heterocycles. The Hall–Kier alpha value is -2.04. The Morgan fingerprint density at radius 3 is 2.44 bits per heavy atom. The molecule has 0 spiro atoms. The zero-order valence-electron chi connectivity index (χ0n) is 10.3. The number of furan rings is 1. The van der Waals surface area contributed by atoms with Crippen LogP contribution in [0.2, 0.25) is 0 Å². The predicted octanol–water partition coefficient (Wildman–Crippen LogP) is 1.14. The van der Waals surface area contributed by atoms with Gasteiger partial charge in [-0.15, -0.1) is 0 Å². The molecule has 0 N–H and O–H groups in total. The number of piperazine rings is 1. The fourth-order valence-electron chi connectivity index (χ4n) is 1.93. The lowest BCUT2D eigenvalue weighted by molar-refractivity contribution is -0.127. The van der Waals surface area contributed by atoms with Crippen LogP contribution in [-0.4, -0.2) is 47.8 Å². The number of allylic oxidation sites excluding steroid dienone is 1. The van der Waals surface area contributed by atoms with Crippen LogP contribution in [-0.2, 0) is 4.79 Å². The normalized spacial score (nSPS) is 16.3. The zero-order valence-corrected chi connectivity index (χ0v) is 10.3. The third kappa shape index (κ3) is 2.61. The summed E-state index contributed by atoms with van der Waals surface area (Å²) in [6.07, 6.45) is 4.76. The van der Waals surface area contributed by atoms with Crippen LogP contribution in [0.5, 0.6) is 0 Å². The lowest BCUT2D eigenvalue weighted by Crippen LogP contribution is -2.50. The number of rotatable bonds is 2. The van der Waals surface area contributed by atoms with Gasteiger partial charge in [0.15, 0.2) is 5.76 Å². The van der Waals surface area contributed by atoms with Crippen LogP contribution in [0, 0.1) is 0 Å². The maximum Gasteiger partial charge on any atom is 0.289 e. The van der Waals surface area contributed by atoms with Gasteiger partial charge in [0.1, 0.15) is 0 Å². The van der Waals surface area contributed by atoms with E-state index in [2.05, 4.69) is 0 Å². The van der Waals surface area contributed by atoms with Gasteiger partial charge >= 0.3 is 0 Å². The van der Waals surface area contributed by atoms with Crippen LogP contribution in [0.1, 0.15) is 17.5 Å². The summed E-state index contributed by atoms with van der Waals surface area (Å²) in [6.45, 7) is 4.03. The van der Waals surface area contributed by atoms with Crippen molar-refractivity contribution in [1.82, 2.24) is 9.80 Å². The molecule has 0 atom stereocenters. The molecule has 1 aliphatic rings. The minimum absolute atomic E-state index is 0.00241. The van der Waals surface area contributed by atoms with Gasteiger partial charge in [0.05, 0.1) is 6.26 Å². The van der Waals surface area contributed by atoms with Crippen molar-refractivity contribution in [1.29, 1.82) is 0 Å². The van der Waals surface area contributed by atoms with Crippen LogP contribution >= 0.6 is 0 Å². The van der Waals surface area contributed by atoms with Crippen molar-refractivity contribution < 1.29 is 14.0 Å². The molecule has 0 unspecified atom stereocenters. The Labute approximate surface area is 106 Å². The van der Waals surface area contributed by atoms with Gasteiger partial charge in [-0.05, 0) is 25.1 Å². The summed E-state index contributed by atoms with van der Waals surface area (Å²) < 4.78 is 5.08. The highest BCUT2D eigenvalue weighted by Crippen LogP contribution is 2.09. The molecule has 1 aromatic rings.